The molecule has 0 unspecified atom stereocenters. The Balaban J connectivity index is 1.88. The molecule has 0 aliphatic carbocycles. The molecule has 0 saturated carbocycles. The van der Waals surface area contributed by atoms with Crippen molar-refractivity contribution in [3.05, 3.63) is 46.5 Å². The number of pyridine rings is 1. The predicted octanol–water partition coefficient (Wildman–Crippen LogP) is 0.363. The van der Waals surface area contributed by atoms with Crippen molar-refractivity contribution in [3.63, 3.8) is 0 Å². The van der Waals surface area contributed by atoms with Crippen LogP contribution in [0, 0.1) is 11.3 Å². The molecule has 0 saturated heterocycles. The van der Waals surface area contributed by atoms with E-state index in [1.54, 1.807) is 13.0 Å². The summed E-state index contributed by atoms with van der Waals surface area (Å²) in [6.45, 7) is 2.04. The minimum absolute atomic E-state index is 0.161. The van der Waals surface area contributed by atoms with E-state index in [1.807, 2.05) is 6.07 Å². The summed E-state index contributed by atoms with van der Waals surface area (Å²) < 4.78 is 6.21. The van der Waals surface area contributed by atoms with Gasteiger partial charge in [-0.25, -0.2) is 9.67 Å². The van der Waals surface area contributed by atoms with Crippen molar-refractivity contribution in [1.82, 2.24) is 30.2 Å². The molecule has 0 aliphatic rings. The summed E-state index contributed by atoms with van der Waals surface area (Å²) >= 11 is 0. The highest BCUT2D eigenvalue weighted by Gasteiger charge is 2.14. The van der Waals surface area contributed by atoms with Gasteiger partial charge < -0.3 is 9.84 Å². The number of rotatable bonds is 5. The van der Waals surface area contributed by atoms with Gasteiger partial charge in [0.15, 0.2) is 0 Å². The molecule has 1 N–H and O–H groups in total. The van der Waals surface area contributed by atoms with Crippen LogP contribution < -0.4 is 10.9 Å². The van der Waals surface area contributed by atoms with Crippen LogP contribution >= 0.6 is 0 Å². The van der Waals surface area contributed by atoms with Crippen LogP contribution in [0.5, 0.6) is 0 Å². The average molecular weight is 351 g/mol. The van der Waals surface area contributed by atoms with Crippen molar-refractivity contribution >= 4 is 5.91 Å². The molecule has 3 rings (SSSR count). The summed E-state index contributed by atoms with van der Waals surface area (Å²) in [6.07, 6.45) is 1.44. The summed E-state index contributed by atoms with van der Waals surface area (Å²) in [5, 5.41) is 19.3. The second-order valence-electron chi connectivity index (χ2n) is 5.14. The van der Waals surface area contributed by atoms with Gasteiger partial charge in [-0.05, 0) is 25.1 Å². The van der Waals surface area contributed by atoms with E-state index in [9.17, 15) is 9.59 Å². The average Bonchev–Trinajstić information content (AvgIpc) is 3.14. The SMILES string of the molecule is CCNC(=O)Cn1nc(-c2noc(-c3ccc(C#N)nc3)n2)ccc1=O. The lowest BCUT2D eigenvalue weighted by atomic mass is 10.2. The van der Waals surface area contributed by atoms with Crippen LogP contribution in [0.4, 0.5) is 0 Å². The Morgan fingerprint density at radius 2 is 2.19 bits per heavy atom. The summed E-state index contributed by atoms with van der Waals surface area (Å²) in [5.74, 6) is 0.0333. The molecule has 0 aliphatic heterocycles. The number of likely N-dealkylation sites (N-methyl/N-ethyl adjacent to an activating group) is 1. The number of nitrogens with one attached hydrogen (secondary N) is 1. The Hall–Kier alpha value is -3.87. The van der Waals surface area contributed by atoms with Crippen molar-refractivity contribution < 1.29 is 9.32 Å². The van der Waals surface area contributed by atoms with Crippen LogP contribution in [-0.4, -0.2) is 37.4 Å². The molecule has 0 atom stereocenters. The first-order valence-electron chi connectivity index (χ1n) is 7.66. The minimum atomic E-state index is -0.417. The fourth-order valence-corrected chi connectivity index (χ4v) is 2.10. The zero-order valence-corrected chi connectivity index (χ0v) is 13.7. The number of aromatic nitrogens is 5. The first-order valence-corrected chi connectivity index (χ1v) is 7.66. The Morgan fingerprint density at radius 1 is 1.35 bits per heavy atom. The molecular weight excluding hydrogens is 338 g/mol. The summed E-state index contributed by atoms with van der Waals surface area (Å²) in [4.78, 5) is 31.7. The Kier molecular flexibility index (Phi) is 4.80. The quantitative estimate of drug-likeness (QED) is 0.695. The van der Waals surface area contributed by atoms with Crippen molar-refractivity contribution in [3.8, 4) is 29.0 Å². The minimum Gasteiger partial charge on any atom is -0.355 e. The van der Waals surface area contributed by atoms with Crippen molar-refractivity contribution in [2.24, 2.45) is 0 Å². The van der Waals surface area contributed by atoms with Gasteiger partial charge in [0.1, 0.15) is 24.0 Å². The van der Waals surface area contributed by atoms with E-state index in [-0.39, 0.29) is 35.6 Å². The van der Waals surface area contributed by atoms with E-state index in [1.165, 1.54) is 24.4 Å². The Labute approximate surface area is 147 Å². The van der Waals surface area contributed by atoms with E-state index < -0.39 is 5.56 Å². The van der Waals surface area contributed by atoms with Gasteiger partial charge in [0.25, 0.3) is 11.4 Å². The van der Waals surface area contributed by atoms with Crippen LogP contribution in [0.25, 0.3) is 23.0 Å². The highest BCUT2D eigenvalue weighted by Crippen LogP contribution is 2.19. The van der Waals surface area contributed by atoms with Crippen LogP contribution in [0.3, 0.4) is 0 Å². The Bertz CT molecular complexity index is 1030. The van der Waals surface area contributed by atoms with Crippen LogP contribution in [0.15, 0.2) is 39.8 Å². The van der Waals surface area contributed by atoms with E-state index in [0.29, 0.717) is 12.1 Å². The van der Waals surface area contributed by atoms with Gasteiger partial charge in [-0.2, -0.15) is 15.3 Å². The molecule has 3 aromatic rings. The normalized spacial score (nSPS) is 10.3. The predicted molar refractivity (Wildman–Crippen MR) is 88.4 cm³/mol. The number of nitriles is 1. The molecule has 0 radical (unpaired) electrons. The topological polar surface area (TPSA) is 140 Å². The molecular formula is C16H13N7O3. The van der Waals surface area contributed by atoms with E-state index >= 15 is 0 Å². The molecule has 0 aromatic carbocycles. The van der Waals surface area contributed by atoms with Gasteiger partial charge in [-0.3, -0.25) is 9.59 Å². The molecule has 1 amide bonds. The molecule has 0 bridgehead atoms. The monoisotopic (exact) mass is 351 g/mol. The summed E-state index contributed by atoms with van der Waals surface area (Å²) in [5.41, 5.74) is 0.677. The fourth-order valence-electron chi connectivity index (χ4n) is 2.10. The van der Waals surface area contributed by atoms with Gasteiger partial charge in [0, 0.05) is 18.8 Å². The van der Waals surface area contributed by atoms with Crippen LogP contribution in [0.1, 0.15) is 12.6 Å². The number of amides is 1. The van der Waals surface area contributed by atoms with Crippen molar-refractivity contribution in [2.75, 3.05) is 6.54 Å². The number of carbonyl (C=O) groups excluding carboxylic acids is 1. The molecule has 26 heavy (non-hydrogen) atoms. The first-order chi connectivity index (χ1) is 12.6. The third kappa shape index (κ3) is 3.62. The standard InChI is InChI=1S/C16H13N7O3/c1-2-18-13(24)9-23-14(25)6-5-12(21-23)15-20-16(26-22-15)10-3-4-11(7-17)19-8-10/h3-6,8H,2,9H2,1H3,(H,18,24). The smallest absolute Gasteiger partial charge is 0.267 e. The number of carbonyl (C=O) groups is 1. The third-order valence-electron chi connectivity index (χ3n) is 3.31. The zero-order chi connectivity index (χ0) is 18.5. The lowest BCUT2D eigenvalue weighted by Gasteiger charge is -2.05. The van der Waals surface area contributed by atoms with Crippen molar-refractivity contribution in [1.29, 1.82) is 5.26 Å². The lowest BCUT2D eigenvalue weighted by Crippen LogP contribution is -2.33. The molecule has 3 aromatic heterocycles. The molecule has 3 heterocycles. The number of hydrogen-bond donors (Lipinski definition) is 1. The molecule has 10 nitrogen and oxygen atoms in total. The molecule has 0 fully saturated rings. The largest absolute Gasteiger partial charge is 0.355 e. The maximum Gasteiger partial charge on any atom is 0.267 e. The van der Waals surface area contributed by atoms with E-state index in [0.717, 1.165) is 4.68 Å². The van der Waals surface area contributed by atoms with Gasteiger partial charge >= 0.3 is 0 Å². The van der Waals surface area contributed by atoms with Gasteiger partial charge in [-0.15, -0.1) is 0 Å². The maximum atomic E-state index is 11.9. The van der Waals surface area contributed by atoms with Crippen LogP contribution in [0.2, 0.25) is 0 Å². The van der Waals surface area contributed by atoms with Crippen LogP contribution in [-0.2, 0) is 11.3 Å². The van der Waals surface area contributed by atoms with Gasteiger partial charge in [0.05, 0.1) is 5.56 Å². The number of hydrogen-bond acceptors (Lipinski definition) is 8. The van der Waals surface area contributed by atoms with Gasteiger partial charge in [0.2, 0.25) is 11.7 Å². The second-order valence-corrected chi connectivity index (χ2v) is 5.14. The molecule has 130 valence electrons. The third-order valence-corrected chi connectivity index (χ3v) is 3.31. The first kappa shape index (κ1) is 17.0. The number of nitrogens with zero attached hydrogens (tertiary/aromatic N) is 6. The van der Waals surface area contributed by atoms with E-state index in [2.05, 4.69) is 25.5 Å². The van der Waals surface area contributed by atoms with Crippen molar-refractivity contribution in [2.45, 2.75) is 13.5 Å². The fraction of sp³-hybridized carbons (Fsp3) is 0.188. The van der Waals surface area contributed by atoms with Gasteiger partial charge in [-0.1, -0.05) is 5.16 Å². The lowest BCUT2D eigenvalue weighted by molar-refractivity contribution is -0.121. The maximum absolute atomic E-state index is 11.9. The summed E-state index contributed by atoms with van der Waals surface area (Å²) in [6, 6.07) is 7.81. The second kappa shape index (κ2) is 7.35. The highest BCUT2D eigenvalue weighted by atomic mass is 16.5. The molecule has 0 spiro atoms. The molecule has 10 heteroatoms. The Morgan fingerprint density at radius 3 is 2.88 bits per heavy atom. The van der Waals surface area contributed by atoms with E-state index in [4.69, 9.17) is 9.78 Å². The summed E-state index contributed by atoms with van der Waals surface area (Å²) in [7, 11) is 0. The zero-order valence-electron chi connectivity index (χ0n) is 13.7. The highest BCUT2D eigenvalue weighted by molar-refractivity contribution is 5.75.